The summed E-state index contributed by atoms with van der Waals surface area (Å²) in [6.07, 6.45) is 0. The quantitative estimate of drug-likeness (QED) is 0.275. The number of benzene rings is 3. The Bertz CT molecular complexity index is 1060. The van der Waals surface area contributed by atoms with Gasteiger partial charge in [-0.2, -0.15) is 0 Å². The standard InChI is InChI=1S/C23H18N2O2S/c26-25(27)23-21(16-22(28-23)19-12-6-2-7-13-19)24(20-14-8-3-9-15-20)17-18-10-4-1-5-11-18/h1-16H,17H2. The zero-order valence-corrected chi connectivity index (χ0v) is 15.9. The van der Waals surface area contributed by atoms with Crippen LogP contribution in [0.3, 0.4) is 0 Å². The maximum Gasteiger partial charge on any atom is 0.348 e. The first-order valence-electron chi connectivity index (χ1n) is 8.92. The molecule has 28 heavy (non-hydrogen) atoms. The molecule has 3 aromatic carbocycles. The van der Waals surface area contributed by atoms with Crippen molar-refractivity contribution in [1.29, 1.82) is 0 Å². The fourth-order valence-electron chi connectivity index (χ4n) is 3.13. The summed E-state index contributed by atoms with van der Waals surface area (Å²) in [4.78, 5) is 14.5. The lowest BCUT2D eigenvalue weighted by molar-refractivity contribution is -0.379. The van der Waals surface area contributed by atoms with Gasteiger partial charge in [0, 0.05) is 17.1 Å². The van der Waals surface area contributed by atoms with Gasteiger partial charge in [0.05, 0.1) is 4.92 Å². The molecule has 0 atom stereocenters. The molecule has 138 valence electrons. The minimum atomic E-state index is -0.284. The number of anilines is 2. The molecule has 5 heteroatoms. The molecule has 0 radical (unpaired) electrons. The molecule has 0 saturated carbocycles. The Morgan fingerprint density at radius 2 is 1.39 bits per heavy atom. The first kappa shape index (κ1) is 17.9. The van der Waals surface area contributed by atoms with E-state index in [0.29, 0.717) is 12.2 Å². The third-order valence-corrected chi connectivity index (χ3v) is 5.58. The van der Waals surface area contributed by atoms with Crippen molar-refractivity contribution in [2.45, 2.75) is 6.54 Å². The molecule has 4 rings (SSSR count). The summed E-state index contributed by atoms with van der Waals surface area (Å²) < 4.78 is 0. The molecule has 0 aliphatic rings. The van der Waals surface area contributed by atoms with E-state index < -0.39 is 0 Å². The molecular weight excluding hydrogens is 368 g/mol. The van der Waals surface area contributed by atoms with Crippen molar-refractivity contribution in [1.82, 2.24) is 0 Å². The number of nitro groups is 1. The highest BCUT2D eigenvalue weighted by molar-refractivity contribution is 7.19. The molecule has 0 aliphatic heterocycles. The van der Waals surface area contributed by atoms with Gasteiger partial charge in [0.1, 0.15) is 5.69 Å². The van der Waals surface area contributed by atoms with Crippen molar-refractivity contribution in [2.75, 3.05) is 4.90 Å². The average Bonchev–Trinajstić information content (AvgIpc) is 3.20. The Kier molecular flexibility index (Phi) is 5.17. The van der Waals surface area contributed by atoms with Gasteiger partial charge in [-0.1, -0.05) is 90.2 Å². The van der Waals surface area contributed by atoms with Crippen LogP contribution in [0.4, 0.5) is 16.4 Å². The lowest BCUT2D eigenvalue weighted by atomic mass is 10.1. The minimum Gasteiger partial charge on any atom is -0.331 e. The molecule has 0 saturated heterocycles. The van der Waals surface area contributed by atoms with Crippen LogP contribution >= 0.6 is 11.3 Å². The molecule has 0 amide bonds. The fraction of sp³-hybridized carbons (Fsp3) is 0.0435. The van der Waals surface area contributed by atoms with E-state index in [2.05, 4.69) is 0 Å². The molecule has 0 bridgehead atoms. The van der Waals surface area contributed by atoms with Crippen LogP contribution in [-0.2, 0) is 6.54 Å². The van der Waals surface area contributed by atoms with E-state index in [1.165, 1.54) is 11.3 Å². The highest BCUT2D eigenvalue weighted by Gasteiger charge is 2.25. The van der Waals surface area contributed by atoms with Crippen molar-refractivity contribution >= 4 is 27.7 Å². The second-order valence-electron chi connectivity index (χ2n) is 6.33. The molecule has 1 aromatic heterocycles. The zero-order valence-electron chi connectivity index (χ0n) is 15.1. The van der Waals surface area contributed by atoms with Crippen molar-refractivity contribution in [3.05, 3.63) is 113 Å². The van der Waals surface area contributed by atoms with E-state index in [0.717, 1.165) is 21.7 Å². The van der Waals surface area contributed by atoms with Gasteiger partial charge < -0.3 is 4.90 Å². The normalized spacial score (nSPS) is 10.6. The third-order valence-electron chi connectivity index (χ3n) is 4.46. The molecule has 0 unspecified atom stereocenters. The number of hydrogen-bond acceptors (Lipinski definition) is 4. The summed E-state index contributed by atoms with van der Waals surface area (Å²) in [5.74, 6) is 0. The van der Waals surface area contributed by atoms with E-state index in [1.54, 1.807) is 0 Å². The van der Waals surface area contributed by atoms with Crippen LogP contribution in [0.2, 0.25) is 0 Å². The number of rotatable bonds is 6. The summed E-state index contributed by atoms with van der Waals surface area (Å²) in [6.45, 7) is 0.552. The predicted molar refractivity (Wildman–Crippen MR) is 115 cm³/mol. The second-order valence-corrected chi connectivity index (χ2v) is 7.36. The average molecular weight is 386 g/mol. The first-order chi connectivity index (χ1) is 13.7. The van der Waals surface area contributed by atoms with Crippen molar-refractivity contribution in [3.8, 4) is 10.4 Å². The monoisotopic (exact) mass is 386 g/mol. The van der Waals surface area contributed by atoms with Gasteiger partial charge in [0.2, 0.25) is 0 Å². The smallest absolute Gasteiger partial charge is 0.331 e. The van der Waals surface area contributed by atoms with Crippen LogP contribution < -0.4 is 4.90 Å². The Morgan fingerprint density at radius 1 is 0.821 bits per heavy atom. The summed E-state index contributed by atoms with van der Waals surface area (Å²) in [6, 6.07) is 31.5. The Balaban J connectivity index is 1.83. The summed E-state index contributed by atoms with van der Waals surface area (Å²) in [7, 11) is 0. The summed E-state index contributed by atoms with van der Waals surface area (Å²) in [5.41, 5.74) is 3.61. The van der Waals surface area contributed by atoms with Crippen LogP contribution in [0, 0.1) is 10.1 Å². The van der Waals surface area contributed by atoms with Crippen LogP contribution in [0.1, 0.15) is 5.56 Å². The molecule has 0 fully saturated rings. The van der Waals surface area contributed by atoms with Gasteiger partial charge in [0.15, 0.2) is 0 Å². The highest BCUT2D eigenvalue weighted by Crippen LogP contribution is 2.45. The van der Waals surface area contributed by atoms with Gasteiger partial charge in [0.25, 0.3) is 0 Å². The van der Waals surface area contributed by atoms with Crippen LogP contribution in [0.15, 0.2) is 97.1 Å². The van der Waals surface area contributed by atoms with Gasteiger partial charge >= 0.3 is 5.00 Å². The van der Waals surface area contributed by atoms with Crippen molar-refractivity contribution in [2.24, 2.45) is 0 Å². The van der Waals surface area contributed by atoms with Gasteiger partial charge in [-0.3, -0.25) is 10.1 Å². The van der Waals surface area contributed by atoms with E-state index >= 15 is 0 Å². The number of nitrogens with zero attached hydrogens (tertiary/aromatic N) is 2. The molecule has 0 spiro atoms. The lowest BCUT2D eigenvalue weighted by Gasteiger charge is -2.23. The van der Waals surface area contributed by atoms with Crippen LogP contribution in [-0.4, -0.2) is 4.92 Å². The van der Waals surface area contributed by atoms with E-state index in [4.69, 9.17) is 0 Å². The molecule has 0 N–H and O–H groups in total. The van der Waals surface area contributed by atoms with Crippen LogP contribution in [0.25, 0.3) is 10.4 Å². The van der Waals surface area contributed by atoms with Crippen molar-refractivity contribution < 1.29 is 4.92 Å². The Morgan fingerprint density at radius 3 is 2.00 bits per heavy atom. The Hall–Kier alpha value is -3.44. The molecule has 1 heterocycles. The lowest BCUT2D eigenvalue weighted by Crippen LogP contribution is -2.16. The Labute approximate surface area is 167 Å². The second kappa shape index (κ2) is 8.06. The SMILES string of the molecule is O=[N+]([O-])c1sc(-c2ccccc2)cc1N(Cc1ccccc1)c1ccccc1. The number of thiophene rings is 1. The maximum absolute atomic E-state index is 11.8. The topological polar surface area (TPSA) is 46.4 Å². The fourth-order valence-corrected chi connectivity index (χ4v) is 4.11. The molecular formula is C23H18N2O2S. The largest absolute Gasteiger partial charge is 0.348 e. The van der Waals surface area contributed by atoms with E-state index in [1.807, 2.05) is 102 Å². The summed E-state index contributed by atoms with van der Waals surface area (Å²) >= 11 is 1.21. The van der Waals surface area contributed by atoms with E-state index in [9.17, 15) is 10.1 Å². The zero-order chi connectivity index (χ0) is 19.3. The predicted octanol–water partition coefficient (Wildman–Crippen LogP) is 6.66. The molecule has 4 nitrogen and oxygen atoms in total. The minimum absolute atomic E-state index is 0.152. The highest BCUT2D eigenvalue weighted by atomic mass is 32.1. The van der Waals surface area contributed by atoms with E-state index in [-0.39, 0.29) is 9.92 Å². The van der Waals surface area contributed by atoms with Gasteiger partial charge in [-0.05, 0) is 29.3 Å². The first-order valence-corrected chi connectivity index (χ1v) is 9.74. The van der Waals surface area contributed by atoms with Crippen molar-refractivity contribution in [3.63, 3.8) is 0 Å². The molecule has 4 aromatic rings. The van der Waals surface area contributed by atoms with Gasteiger partial charge in [-0.25, -0.2) is 0 Å². The maximum atomic E-state index is 11.8. The number of para-hydroxylation sites is 1. The van der Waals surface area contributed by atoms with Crippen LogP contribution in [0.5, 0.6) is 0 Å². The van der Waals surface area contributed by atoms with Gasteiger partial charge in [-0.15, -0.1) is 0 Å². The summed E-state index contributed by atoms with van der Waals surface area (Å²) in [5, 5.41) is 12.0. The number of hydrogen-bond donors (Lipinski definition) is 0. The third kappa shape index (κ3) is 3.80. The molecule has 0 aliphatic carbocycles.